The van der Waals surface area contributed by atoms with Gasteiger partial charge in [-0.3, -0.25) is 9.59 Å². The van der Waals surface area contributed by atoms with E-state index in [9.17, 15) is 9.59 Å². The summed E-state index contributed by atoms with van der Waals surface area (Å²) in [5, 5.41) is 0. The van der Waals surface area contributed by atoms with Gasteiger partial charge in [-0.1, -0.05) is 124 Å². The molecular formula is C43H48O2. The summed E-state index contributed by atoms with van der Waals surface area (Å²) >= 11 is 0. The van der Waals surface area contributed by atoms with Gasteiger partial charge in [-0.25, -0.2) is 0 Å². The van der Waals surface area contributed by atoms with Gasteiger partial charge in [-0.05, 0) is 102 Å². The maximum Gasteiger partial charge on any atom is 0.167 e. The van der Waals surface area contributed by atoms with Gasteiger partial charge in [-0.2, -0.15) is 0 Å². The molecule has 6 rings (SSSR count). The molecular weight excluding hydrogens is 548 g/mol. The van der Waals surface area contributed by atoms with Crippen molar-refractivity contribution in [1.29, 1.82) is 0 Å². The normalized spacial score (nSPS) is 20.8. The highest BCUT2D eigenvalue weighted by atomic mass is 16.1. The number of carbonyl (C=O) groups excluding carboxylic acids is 2. The van der Waals surface area contributed by atoms with Crippen LogP contribution in [0.25, 0.3) is 5.57 Å². The lowest BCUT2D eigenvalue weighted by molar-refractivity contribution is 0.0889. The molecule has 0 bridgehead atoms. The Morgan fingerprint density at radius 1 is 0.800 bits per heavy atom. The molecule has 0 aromatic heterocycles. The maximum atomic E-state index is 13.4. The maximum absolute atomic E-state index is 13.4. The van der Waals surface area contributed by atoms with Crippen LogP contribution in [0.3, 0.4) is 0 Å². The summed E-state index contributed by atoms with van der Waals surface area (Å²) in [7, 11) is 0. The molecule has 3 aromatic rings. The first-order chi connectivity index (χ1) is 21.9. The number of hydrogen-bond donors (Lipinski definition) is 0. The van der Waals surface area contributed by atoms with E-state index >= 15 is 0 Å². The Labute approximate surface area is 270 Å². The number of carbonyl (C=O) groups is 2. The molecule has 0 amide bonds. The summed E-state index contributed by atoms with van der Waals surface area (Å²) in [4.78, 5) is 26.4. The third kappa shape index (κ3) is 7.38. The summed E-state index contributed by atoms with van der Waals surface area (Å²) < 4.78 is 0. The molecule has 3 aliphatic rings. The molecule has 232 valence electrons. The highest BCUT2D eigenvalue weighted by Gasteiger charge is 2.23. The van der Waals surface area contributed by atoms with Crippen molar-refractivity contribution in [2.75, 3.05) is 0 Å². The molecule has 0 heterocycles. The molecule has 2 saturated carbocycles. The van der Waals surface area contributed by atoms with E-state index in [1.165, 1.54) is 78.3 Å². The quantitative estimate of drug-likeness (QED) is 0.230. The third-order valence-electron chi connectivity index (χ3n) is 10.8. The van der Waals surface area contributed by atoms with Gasteiger partial charge in [0.1, 0.15) is 0 Å². The van der Waals surface area contributed by atoms with E-state index in [-0.39, 0.29) is 11.7 Å². The number of ketones is 2. The van der Waals surface area contributed by atoms with Crippen molar-refractivity contribution in [2.24, 2.45) is 11.8 Å². The molecule has 2 heteroatoms. The number of hydrogen-bond acceptors (Lipinski definition) is 2. The second-order valence-corrected chi connectivity index (χ2v) is 14.0. The first-order valence-corrected chi connectivity index (χ1v) is 17.3. The van der Waals surface area contributed by atoms with Crippen LogP contribution in [-0.2, 0) is 12.8 Å². The highest BCUT2D eigenvalue weighted by molar-refractivity contribution is 5.98. The predicted octanol–water partition coefficient (Wildman–Crippen LogP) is 11.0. The molecule has 0 N–H and O–H groups in total. The zero-order valence-electron chi connectivity index (χ0n) is 27.2. The fourth-order valence-electron chi connectivity index (χ4n) is 7.68. The molecule has 3 aromatic carbocycles. The molecule has 3 aliphatic carbocycles. The Hall–Kier alpha value is -3.78. The minimum Gasteiger partial charge on any atom is -0.294 e. The van der Waals surface area contributed by atoms with Gasteiger partial charge in [0.05, 0.1) is 0 Å². The first kappa shape index (κ1) is 31.2. The van der Waals surface area contributed by atoms with E-state index in [1.807, 2.05) is 24.3 Å². The monoisotopic (exact) mass is 596 g/mol. The average Bonchev–Trinajstić information content (AvgIpc) is 3.07. The fraction of sp³-hybridized carbons (Fsp3) is 0.395. The Bertz CT molecular complexity index is 1600. The van der Waals surface area contributed by atoms with Gasteiger partial charge >= 0.3 is 0 Å². The lowest BCUT2D eigenvalue weighted by atomic mass is 9.79. The zero-order chi connectivity index (χ0) is 31.3. The van der Waals surface area contributed by atoms with Gasteiger partial charge in [-0.15, -0.1) is 0 Å². The summed E-state index contributed by atoms with van der Waals surface area (Å²) in [6, 6.07) is 23.1. The Morgan fingerprint density at radius 3 is 2.20 bits per heavy atom. The van der Waals surface area contributed by atoms with Crippen LogP contribution in [-0.4, -0.2) is 11.6 Å². The molecule has 0 atom stereocenters. The van der Waals surface area contributed by atoms with E-state index in [4.69, 9.17) is 0 Å². The SMILES string of the molecule is C=C1CC=C(c2cccc(CC(=O)c3ccc(C4CCC(C)CC4)cc3)c2C)C=C1Cc1ccc(C(=O)C2CCCCC2)cc1. The smallest absolute Gasteiger partial charge is 0.167 e. The average molecular weight is 597 g/mol. The van der Waals surface area contributed by atoms with Crippen LogP contribution in [0, 0.1) is 18.8 Å². The van der Waals surface area contributed by atoms with E-state index in [1.54, 1.807) is 0 Å². The van der Waals surface area contributed by atoms with Gasteiger partial charge in [0, 0.05) is 23.5 Å². The Kier molecular flexibility index (Phi) is 9.79. The predicted molar refractivity (Wildman–Crippen MR) is 187 cm³/mol. The van der Waals surface area contributed by atoms with Gasteiger partial charge in [0.2, 0.25) is 0 Å². The number of allylic oxidation sites excluding steroid dienone is 5. The summed E-state index contributed by atoms with van der Waals surface area (Å²) in [6.45, 7) is 8.87. The molecule has 0 unspecified atom stereocenters. The minimum atomic E-state index is 0.173. The lowest BCUT2D eigenvalue weighted by Gasteiger charge is -2.26. The molecule has 0 radical (unpaired) electrons. The van der Waals surface area contributed by atoms with E-state index in [0.29, 0.717) is 18.1 Å². The molecule has 2 nitrogen and oxygen atoms in total. The second kappa shape index (κ2) is 14.1. The van der Waals surface area contributed by atoms with Crippen LogP contribution in [0.4, 0.5) is 0 Å². The second-order valence-electron chi connectivity index (χ2n) is 14.0. The Balaban J connectivity index is 1.12. The van der Waals surface area contributed by atoms with E-state index in [0.717, 1.165) is 53.9 Å². The van der Waals surface area contributed by atoms with Gasteiger partial charge in [0.15, 0.2) is 11.6 Å². The Morgan fingerprint density at radius 2 is 1.49 bits per heavy atom. The molecule has 45 heavy (non-hydrogen) atoms. The third-order valence-corrected chi connectivity index (χ3v) is 10.8. The van der Waals surface area contributed by atoms with Crippen molar-refractivity contribution in [3.8, 4) is 0 Å². The van der Waals surface area contributed by atoms with E-state index < -0.39 is 0 Å². The van der Waals surface area contributed by atoms with Crippen molar-refractivity contribution in [3.05, 3.63) is 136 Å². The fourth-order valence-corrected chi connectivity index (χ4v) is 7.68. The lowest BCUT2D eigenvalue weighted by Crippen LogP contribution is -2.17. The van der Waals surface area contributed by atoms with Crippen LogP contribution in [0.1, 0.15) is 126 Å². The standard InChI is InChI=1S/C43H48O2/c1-29-12-17-33(18-13-29)34-22-24-35(25-23-34)42(44)28-38-10-7-11-41(31(38)3)39-19-14-30(2)40(27-39)26-32-15-20-37(21-16-32)43(45)36-8-5-4-6-9-36/h7,10-11,15-16,19-25,27,29,33,36H,2,4-6,8-9,12-14,17-18,26,28H2,1,3H3. The summed E-state index contributed by atoms with van der Waals surface area (Å²) in [5.41, 5.74) is 11.2. The van der Waals surface area contributed by atoms with Crippen LogP contribution in [0.15, 0.2) is 96.6 Å². The number of Topliss-reactive ketones (excluding diaryl/α,β-unsaturated/α-hetero) is 2. The van der Waals surface area contributed by atoms with Crippen molar-refractivity contribution in [1.82, 2.24) is 0 Å². The number of benzene rings is 3. The van der Waals surface area contributed by atoms with Crippen LogP contribution in [0.5, 0.6) is 0 Å². The van der Waals surface area contributed by atoms with Crippen molar-refractivity contribution >= 4 is 17.1 Å². The largest absolute Gasteiger partial charge is 0.294 e. The van der Waals surface area contributed by atoms with Crippen LogP contribution in [0.2, 0.25) is 0 Å². The molecule has 2 fully saturated rings. The zero-order valence-corrected chi connectivity index (χ0v) is 27.2. The highest BCUT2D eigenvalue weighted by Crippen LogP contribution is 2.36. The molecule has 0 saturated heterocycles. The van der Waals surface area contributed by atoms with Crippen molar-refractivity contribution < 1.29 is 9.59 Å². The number of rotatable bonds is 9. The summed E-state index contributed by atoms with van der Waals surface area (Å²) in [6.07, 6.45) is 17.3. The van der Waals surface area contributed by atoms with Gasteiger partial charge < -0.3 is 0 Å². The summed E-state index contributed by atoms with van der Waals surface area (Å²) in [5.74, 6) is 2.16. The van der Waals surface area contributed by atoms with Crippen LogP contribution >= 0.6 is 0 Å². The molecule has 0 spiro atoms. The first-order valence-electron chi connectivity index (χ1n) is 17.3. The van der Waals surface area contributed by atoms with Gasteiger partial charge in [0.25, 0.3) is 0 Å². The topological polar surface area (TPSA) is 34.1 Å². The molecule has 0 aliphatic heterocycles. The van der Waals surface area contributed by atoms with Crippen LogP contribution < -0.4 is 0 Å². The van der Waals surface area contributed by atoms with Crippen molar-refractivity contribution in [3.63, 3.8) is 0 Å². The minimum absolute atomic E-state index is 0.173. The van der Waals surface area contributed by atoms with E-state index in [2.05, 4.69) is 75.0 Å². The van der Waals surface area contributed by atoms with Crippen molar-refractivity contribution in [2.45, 2.75) is 96.8 Å².